The van der Waals surface area contributed by atoms with Crippen LogP contribution in [-0.2, 0) is 16.1 Å². The lowest BCUT2D eigenvalue weighted by Gasteiger charge is -2.20. The second kappa shape index (κ2) is 8.12. The van der Waals surface area contributed by atoms with Crippen LogP contribution in [0.1, 0.15) is 36.8 Å². The number of aromatic nitrogens is 1. The lowest BCUT2D eigenvalue weighted by atomic mass is 10.0. The highest BCUT2D eigenvalue weighted by Crippen LogP contribution is 2.34. The SMILES string of the molecule is Cc1oc(-c2ccc(Cl)cc2)nc1CN1N=N[C@@H]2C(=O)N(c3ccc(C(C)C)cc3)C(=O)[C@H]21. The number of carbonyl (C=O) groups excluding carboxylic acids is 2. The van der Waals surface area contributed by atoms with Crippen LogP contribution in [0, 0.1) is 6.92 Å². The molecule has 2 aliphatic rings. The van der Waals surface area contributed by atoms with Gasteiger partial charge in [-0.25, -0.2) is 9.88 Å². The van der Waals surface area contributed by atoms with Crippen molar-refractivity contribution in [1.82, 2.24) is 9.99 Å². The van der Waals surface area contributed by atoms with Gasteiger partial charge in [-0.3, -0.25) is 14.6 Å². The third kappa shape index (κ3) is 3.70. The smallest absolute Gasteiger partial charge is 0.263 e. The molecule has 0 spiro atoms. The van der Waals surface area contributed by atoms with E-state index in [0.29, 0.717) is 34.0 Å². The predicted octanol–water partition coefficient (Wildman–Crippen LogP) is 4.92. The van der Waals surface area contributed by atoms with Gasteiger partial charge in [-0.05, 0) is 54.8 Å². The van der Waals surface area contributed by atoms with Gasteiger partial charge in [0.1, 0.15) is 11.5 Å². The molecule has 0 radical (unpaired) electrons. The Balaban J connectivity index is 1.37. The molecule has 1 saturated heterocycles. The number of rotatable bonds is 5. The molecule has 9 heteroatoms. The van der Waals surface area contributed by atoms with Crippen LogP contribution >= 0.6 is 11.6 Å². The fourth-order valence-corrected chi connectivity index (χ4v) is 4.19. The maximum Gasteiger partial charge on any atom is 0.263 e. The average Bonchev–Trinajstić information content (AvgIpc) is 3.45. The summed E-state index contributed by atoms with van der Waals surface area (Å²) in [6.07, 6.45) is 0. The molecule has 1 fully saturated rings. The highest BCUT2D eigenvalue weighted by Gasteiger charge is 2.54. The first-order valence-electron chi connectivity index (χ1n) is 10.7. The molecule has 8 nitrogen and oxygen atoms in total. The van der Waals surface area contributed by atoms with E-state index in [-0.39, 0.29) is 18.4 Å². The van der Waals surface area contributed by atoms with Crippen molar-refractivity contribution in [3.05, 3.63) is 70.6 Å². The number of benzene rings is 2. The fourth-order valence-electron chi connectivity index (χ4n) is 4.06. The van der Waals surface area contributed by atoms with Gasteiger partial charge in [0.2, 0.25) is 5.89 Å². The second-order valence-corrected chi connectivity index (χ2v) is 8.92. The van der Waals surface area contributed by atoms with Crippen molar-refractivity contribution in [1.29, 1.82) is 0 Å². The first-order chi connectivity index (χ1) is 15.8. The van der Waals surface area contributed by atoms with E-state index in [1.165, 1.54) is 9.91 Å². The normalized spacial score (nSPS) is 19.8. The summed E-state index contributed by atoms with van der Waals surface area (Å²) in [7, 11) is 0. The molecule has 0 saturated carbocycles. The summed E-state index contributed by atoms with van der Waals surface area (Å²) in [6.45, 7) is 6.19. The van der Waals surface area contributed by atoms with Gasteiger partial charge >= 0.3 is 0 Å². The molecule has 0 bridgehead atoms. The van der Waals surface area contributed by atoms with Gasteiger partial charge in [0.15, 0.2) is 12.1 Å². The zero-order chi connectivity index (χ0) is 23.3. The molecule has 5 rings (SSSR count). The minimum atomic E-state index is -0.856. The molecule has 1 aromatic heterocycles. The number of hydrogen-bond acceptors (Lipinski definition) is 7. The molecule has 2 amide bonds. The van der Waals surface area contributed by atoms with Crippen molar-refractivity contribution in [3.63, 3.8) is 0 Å². The number of nitrogens with zero attached hydrogens (tertiary/aromatic N) is 5. The fraction of sp³-hybridized carbons (Fsp3) is 0.292. The molecule has 168 valence electrons. The highest BCUT2D eigenvalue weighted by atomic mass is 35.5. The van der Waals surface area contributed by atoms with Crippen molar-refractivity contribution < 1.29 is 14.0 Å². The van der Waals surface area contributed by atoms with Crippen LogP contribution < -0.4 is 4.90 Å². The van der Waals surface area contributed by atoms with Crippen LogP contribution in [-0.4, -0.2) is 33.9 Å². The van der Waals surface area contributed by atoms with Crippen molar-refractivity contribution in [2.24, 2.45) is 10.3 Å². The number of hydrogen-bond donors (Lipinski definition) is 0. The molecule has 3 heterocycles. The summed E-state index contributed by atoms with van der Waals surface area (Å²) in [5.41, 5.74) is 3.09. The number of aryl methyl sites for hydroxylation is 1. The molecule has 0 N–H and O–H groups in total. The van der Waals surface area contributed by atoms with E-state index in [1.54, 1.807) is 31.2 Å². The van der Waals surface area contributed by atoms with E-state index in [0.717, 1.165) is 11.1 Å². The average molecular weight is 464 g/mol. The van der Waals surface area contributed by atoms with Gasteiger partial charge < -0.3 is 4.42 Å². The second-order valence-electron chi connectivity index (χ2n) is 8.48. The zero-order valence-corrected chi connectivity index (χ0v) is 19.2. The number of halogens is 1. The van der Waals surface area contributed by atoms with Crippen LogP contribution in [0.5, 0.6) is 0 Å². The largest absolute Gasteiger partial charge is 0.441 e. The Hall–Kier alpha value is -3.52. The Morgan fingerprint density at radius 2 is 1.73 bits per heavy atom. The van der Waals surface area contributed by atoms with Gasteiger partial charge in [0.05, 0.1) is 12.2 Å². The molecule has 3 aromatic rings. The maximum atomic E-state index is 13.2. The van der Waals surface area contributed by atoms with E-state index < -0.39 is 12.1 Å². The van der Waals surface area contributed by atoms with E-state index in [1.807, 2.05) is 24.3 Å². The molecule has 33 heavy (non-hydrogen) atoms. The third-order valence-corrected chi connectivity index (χ3v) is 6.22. The minimum absolute atomic E-state index is 0.201. The van der Waals surface area contributed by atoms with Crippen molar-refractivity contribution in [2.45, 2.75) is 45.3 Å². The van der Waals surface area contributed by atoms with Crippen molar-refractivity contribution in [3.8, 4) is 11.5 Å². The number of oxazole rings is 1. The van der Waals surface area contributed by atoms with E-state index in [4.69, 9.17) is 16.0 Å². The Bertz CT molecular complexity index is 1250. The first-order valence-corrected chi connectivity index (χ1v) is 11.1. The van der Waals surface area contributed by atoms with Crippen molar-refractivity contribution in [2.75, 3.05) is 4.90 Å². The number of anilines is 1. The molecule has 2 aromatic carbocycles. The minimum Gasteiger partial charge on any atom is -0.441 e. The first kappa shape index (κ1) is 21.3. The lowest BCUT2D eigenvalue weighted by Crippen LogP contribution is -2.39. The molecule has 2 aliphatic heterocycles. The summed E-state index contributed by atoms with van der Waals surface area (Å²) in [6, 6.07) is 13.0. The van der Waals surface area contributed by atoms with Gasteiger partial charge in [-0.2, -0.15) is 5.11 Å². The summed E-state index contributed by atoms with van der Waals surface area (Å²) in [4.78, 5) is 32.0. The predicted molar refractivity (Wildman–Crippen MR) is 123 cm³/mol. The van der Waals surface area contributed by atoms with Gasteiger partial charge in [-0.15, -0.1) is 0 Å². The Morgan fingerprint density at radius 3 is 2.39 bits per heavy atom. The van der Waals surface area contributed by atoms with Crippen LogP contribution in [0.2, 0.25) is 5.02 Å². The lowest BCUT2D eigenvalue weighted by molar-refractivity contribution is -0.123. The van der Waals surface area contributed by atoms with Crippen LogP contribution in [0.3, 0.4) is 0 Å². The molecular weight excluding hydrogens is 442 g/mol. The van der Waals surface area contributed by atoms with Crippen molar-refractivity contribution >= 4 is 29.1 Å². The summed E-state index contributed by atoms with van der Waals surface area (Å²) in [5, 5.41) is 10.3. The Kier molecular flexibility index (Phi) is 5.25. The highest BCUT2D eigenvalue weighted by molar-refractivity contribution is 6.30. The van der Waals surface area contributed by atoms with E-state index >= 15 is 0 Å². The zero-order valence-electron chi connectivity index (χ0n) is 18.4. The van der Waals surface area contributed by atoms with Gasteiger partial charge in [-0.1, -0.05) is 42.8 Å². The van der Waals surface area contributed by atoms with Crippen LogP contribution in [0.4, 0.5) is 5.69 Å². The summed E-state index contributed by atoms with van der Waals surface area (Å²) < 4.78 is 5.82. The van der Waals surface area contributed by atoms with E-state index in [2.05, 4.69) is 29.2 Å². The number of amides is 2. The standard InChI is InChI=1S/C24H22ClN5O3/c1-13(2)15-6-10-18(11-7-15)30-23(31)20-21(24(30)32)29(28-27-20)12-19-14(3)33-22(26-19)16-4-8-17(25)9-5-16/h4-11,13,20-21H,12H2,1-3H3/t20-,21-/m0/s1. The third-order valence-electron chi connectivity index (χ3n) is 5.97. The van der Waals surface area contributed by atoms with Crippen LogP contribution in [0.15, 0.2) is 63.3 Å². The summed E-state index contributed by atoms with van der Waals surface area (Å²) >= 11 is 5.96. The maximum absolute atomic E-state index is 13.2. The van der Waals surface area contributed by atoms with Gasteiger partial charge in [0, 0.05) is 10.6 Å². The monoisotopic (exact) mass is 463 g/mol. The number of carbonyl (C=O) groups is 2. The van der Waals surface area contributed by atoms with E-state index in [9.17, 15) is 9.59 Å². The molecule has 0 unspecified atom stereocenters. The molecule has 2 atom stereocenters. The number of fused-ring (bicyclic) bond motifs is 1. The Labute approximate surface area is 195 Å². The summed E-state index contributed by atoms with van der Waals surface area (Å²) in [5.74, 6) is 0.707. The number of imide groups is 1. The Morgan fingerprint density at radius 1 is 1.03 bits per heavy atom. The molecule has 0 aliphatic carbocycles. The quantitative estimate of drug-likeness (QED) is 0.501. The molecular formula is C24H22ClN5O3. The van der Waals surface area contributed by atoms with Crippen LogP contribution in [0.25, 0.3) is 11.5 Å². The van der Waals surface area contributed by atoms with Gasteiger partial charge in [0.25, 0.3) is 11.8 Å². The topological polar surface area (TPSA) is 91.4 Å².